The quantitative estimate of drug-likeness (QED) is 0.190. The average molecular weight is 570 g/mol. The van der Waals surface area contributed by atoms with Gasteiger partial charge in [-0.25, -0.2) is 0 Å². The number of carbonyl (C=O) groups is 1. The second-order valence-corrected chi connectivity index (χ2v) is 11.2. The molecule has 1 amide bonds. The van der Waals surface area contributed by atoms with Crippen molar-refractivity contribution in [3.05, 3.63) is 35.9 Å². The highest BCUT2D eigenvalue weighted by Crippen LogP contribution is 2.38. The van der Waals surface area contributed by atoms with Crippen molar-refractivity contribution in [3.8, 4) is 0 Å². The Kier molecular flexibility index (Phi) is 10.9. The summed E-state index contributed by atoms with van der Waals surface area (Å²) in [6, 6.07) is 8.59. The highest BCUT2D eigenvalue weighted by molar-refractivity contribution is 5.73. The zero-order valence-electron chi connectivity index (χ0n) is 22.9. The highest BCUT2D eigenvalue weighted by atomic mass is 16.7. The molecule has 1 aromatic carbocycles. The number of amides is 1. The number of nitrogens with one attached hydrogen (secondary N) is 1. The second kappa shape index (κ2) is 14.0. The van der Waals surface area contributed by atoms with Crippen molar-refractivity contribution >= 4 is 5.91 Å². The van der Waals surface area contributed by atoms with Crippen molar-refractivity contribution in [1.29, 1.82) is 0 Å². The monoisotopic (exact) mass is 569 g/mol. The van der Waals surface area contributed by atoms with Crippen LogP contribution in [0.4, 0.5) is 0 Å². The fourth-order valence-electron chi connectivity index (χ4n) is 6.11. The summed E-state index contributed by atoms with van der Waals surface area (Å²) in [7, 11) is 0. The molecule has 3 aliphatic rings. The molecular formula is C28H43NO11. The Bertz CT molecular complexity index is 938. The van der Waals surface area contributed by atoms with Gasteiger partial charge in [0.1, 0.15) is 24.4 Å². The van der Waals surface area contributed by atoms with Crippen LogP contribution in [0.5, 0.6) is 0 Å². The fourth-order valence-corrected chi connectivity index (χ4v) is 6.11. The van der Waals surface area contributed by atoms with Gasteiger partial charge in [-0.1, -0.05) is 30.3 Å². The maximum absolute atomic E-state index is 12.2. The van der Waals surface area contributed by atoms with Crippen LogP contribution in [-0.4, -0.2) is 117 Å². The lowest BCUT2D eigenvalue weighted by Gasteiger charge is -2.48. The zero-order chi connectivity index (χ0) is 29.0. The van der Waals surface area contributed by atoms with Crippen molar-refractivity contribution in [2.45, 2.75) is 107 Å². The minimum Gasteiger partial charge on any atom is -0.394 e. The van der Waals surface area contributed by atoms with E-state index in [2.05, 4.69) is 5.32 Å². The van der Waals surface area contributed by atoms with Crippen LogP contribution < -0.4 is 5.32 Å². The molecule has 3 saturated heterocycles. The molecule has 0 unspecified atom stereocenters. The normalized spacial score (nSPS) is 42.4. The number of carbonyl (C=O) groups excluding carboxylic acids is 1. The van der Waals surface area contributed by atoms with E-state index in [4.69, 9.17) is 18.9 Å². The van der Waals surface area contributed by atoms with Crippen LogP contribution in [-0.2, 0) is 30.3 Å². The molecule has 0 spiro atoms. The number of aliphatic hydroxyl groups excluding tert-OH is 6. The molecule has 0 aliphatic carbocycles. The topological polar surface area (TPSA) is 187 Å². The van der Waals surface area contributed by atoms with Gasteiger partial charge in [0.05, 0.1) is 49.8 Å². The van der Waals surface area contributed by atoms with Crippen LogP contribution in [0.15, 0.2) is 30.3 Å². The Morgan fingerprint density at radius 1 is 0.925 bits per heavy atom. The van der Waals surface area contributed by atoms with E-state index >= 15 is 0 Å². The average Bonchev–Trinajstić information content (AvgIpc) is 2.93. The molecule has 3 heterocycles. The van der Waals surface area contributed by atoms with Gasteiger partial charge in [0, 0.05) is 25.4 Å². The number of hydrogen-bond acceptors (Lipinski definition) is 11. The molecular weight excluding hydrogens is 526 g/mol. The van der Waals surface area contributed by atoms with Gasteiger partial charge in [-0.3, -0.25) is 4.79 Å². The Balaban J connectivity index is 1.54. The maximum Gasteiger partial charge on any atom is 0.217 e. The number of hydrogen-bond donors (Lipinski definition) is 7. The molecule has 40 heavy (non-hydrogen) atoms. The molecule has 0 aromatic heterocycles. The lowest BCUT2D eigenvalue weighted by Crippen LogP contribution is -2.63. The van der Waals surface area contributed by atoms with Crippen molar-refractivity contribution in [1.82, 2.24) is 5.32 Å². The van der Waals surface area contributed by atoms with E-state index < -0.39 is 85.7 Å². The van der Waals surface area contributed by atoms with Crippen molar-refractivity contribution in [2.24, 2.45) is 11.8 Å². The Labute approximate surface area is 233 Å². The number of aliphatic hydroxyl groups is 6. The predicted molar refractivity (Wildman–Crippen MR) is 140 cm³/mol. The summed E-state index contributed by atoms with van der Waals surface area (Å²) in [6.45, 7) is 2.90. The van der Waals surface area contributed by atoms with Crippen LogP contribution in [0, 0.1) is 11.8 Å². The maximum atomic E-state index is 12.2. The highest BCUT2D eigenvalue weighted by Gasteiger charge is 2.50. The van der Waals surface area contributed by atoms with Crippen LogP contribution in [0.2, 0.25) is 0 Å². The van der Waals surface area contributed by atoms with Crippen LogP contribution in [0.3, 0.4) is 0 Å². The van der Waals surface area contributed by atoms with E-state index in [-0.39, 0.29) is 32.0 Å². The summed E-state index contributed by atoms with van der Waals surface area (Å²) in [6.07, 6.45) is -9.54. The molecule has 0 bridgehead atoms. The van der Waals surface area contributed by atoms with Crippen molar-refractivity contribution in [3.63, 3.8) is 0 Å². The smallest absolute Gasteiger partial charge is 0.217 e. The molecule has 3 aliphatic heterocycles. The second-order valence-electron chi connectivity index (χ2n) is 11.2. The molecule has 1 aromatic rings. The first-order valence-electron chi connectivity index (χ1n) is 14.0. The van der Waals surface area contributed by atoms with Crippen molar-refractivity contribution < 1.29 is 54.4 Å². The summed E-state index contributed by atoms with van der Waals surface area (Å²) in [5.74, 6) is -1.59. The largest absolute Gasteiger partial charge is 0.394 e. The standard InChI is InChI=1S/C28H43NO11/c1-14-24(33)27(36)26(35)21(39-14)10-17-19(32)8-9-37-20(17)11-18-23(29-15(2)31)28(40-22(12-30)25(18)34)38-13-16-6-4-3-5-7-16/h3-7,14,17-28,30,32-36H,8-13H2,1-2H3,(H,29,31)/t14-,17+,18+,19-,20-,21-,22+,23+,24+,25-,26+,27+,28-/m0/s1. The lowest BCUT2D eigenvalue weighted by atomic mass is 9.76. The van der Waals surface area contributed by atoms with Crippen LogP contribution in [0.25, 0.3) is 0 Å². The van der Waals surface area contributed by atoms with Gasteiger partial charge in [0.25, 0.3) is 0 Å². The van der Waals surface area contributed by atoms with Gasteiger partial charge in [-0.2, -0.15) is 0 Å². The van der Waals surface area contributed by atoms with E-state index in [0.29, 0.717) is 6.42 Å². The summed E-state index contributed by atoms with van der Waals surface area (Å²) >= 11 is 0. The number of ether oxygens (including phenoxy) is 4. The van der Waals surface area contributed by atoms with E-state index in [0.717, 1.165) is 5.56 Å². The summed E-state index contributed by atoms with van der Waals surface area (Å²) < 4.78 is 23.8. The third-order valence-corrected chi connectivity index (χ3v) is 8.37. The number of benzene rings is 1. The van der Waals surface area contributed by atoms with Crippen LogP contribution >= 0.6 is 0 Å². The first kappa shape index (κ1) is 31.2. The predicted octanol–water partition coefficient (Wildman–Crippen LogP) is -1.18. The first-order chi connectivity index (χ1) is 19.1. The minimum absolute atomic E-state index is 0.128. The summed E-state index contributed by atoms with van der Waals surface area (Å²) in [5, 5.41) is 65.9. The summed E-state index contributed by atoms with van der Waals surface area (Å²) in [4.78, 5) is 12.2. The van der Waals surface area contributed by atoms with Crippen molar-refractivity contribution in [2.75, 3.05) is 13.2 Å². The zero-order valence-corrected chi connectivity index (χ0v) is 22.9. The van der Waals surface area contributed by atoms with Gasteiger partial charge >= 0.3 is 0 Å². The lowest BCUT2D eigenvalue weighted by molar-refractivity contribution is -0.268. The van der Waals surface area contributed by atoms with Gasteiger partial charge in [0.15, 0.2) is 6.29 Å². The van der Waals surface area contributed by atoms with Gasteiger partial charge < -0.3 is 54.9 Å². The molecule has 4 rings (SSSR count). The van der Waals surface area contributed by atoms with Gasteiger partial charge in [-0.15, -0.1) is 0 Å². The molecule has 13 atom stereocenters. The molecule has 12 heteroatoms. The van der Waals surface area contributed by atoms with Gasteiger partial charge in [0.2, 0.25) is 5.91 Å². The summed E-state index contributed by atoms with van der Waals surface area (Å²) in [5.41, 5.74) is 0.877. The fraction of sp³-hybridized carbons (Fsp3) is 0.750. The Hall–Kier alpha value is -1.71. The molecule has 0 radical (unpaired) electrons. The molecule has 7 N–H and O–H groups in total. The first-order valence-corrected chi connectivity index (χ1v) is 14.0. The molecule has 12 nitrogen and oxygen atoms in total. The SMILES string of the molecule is CC(=O)N[C@H]1[C@@H](OCc2ccccc2)O[C@H](CO)[C@@H](O)[C@@H]1C[C@@H]1OCC[C@H](O)[C@H]1C[C@@H]1O[C@@H](C)[C@@H](O)[C@@H](O)[C@@H]1O. The molecule has 226 valence electrons. The Morgan fingerprint density at radius 2 is 1.62 bits per heavy atom. The van der Waals surface area contributed by atoms with E-state index in [1.54, 1.807) is 6.92 Å². The van der Waals surface area contributed by atoms with Crippen LogP contribution in [0.1, 0.15) is 38.7 Å². The van der Waals surface area contributed by atoms with Gasteiger partial charge in [-0.05, 0) is 31.7 Å². The van der Waals surface area contributed by atoms with E-state index in [1.165, 1.54) is 6.92 Å². The Morgan fingerprint density at radius 3 is 2.30 bits per heavy atom. The third-order valence-electron chi connectivity index (χ3n) is 8.37. The third kappa shape index (κ3) is 7.19. The minimum atomic E-state index is -1.40. The molecule has 0 saturated carbocycles. The molecule has 3 fully saturated rings. The van der Waals surface area contributed by atoms with E-state index in [9.17, 15) is 35.4 Å². The number of rotatable bonds is 9. The van der Waals surface area contributed by atoms with E-state index in [1.807, 2.05) is 30.3 Å².